The molecule has 1 aromatic carbocycles. The van der Waals surface area contributed by atoms with Crippen molar-refractivity contribution in [2.24, 2.45) is 0 Å². The van der Waals surface area contributed by atoms with Crippen molar-refractivity contribution in [2.75, 3.05) is 18.0 Å². The van der Waals surface area contributed by atoms with Gasteiger partial charge < -0.3 is 4.90 Å². The number of alkyl halides is 6. The number of anilines is 1. The minimum absolute atomic E-state index is 0.115. The van der Waals surface area contributed by atoms with Gasteiger partial charge in [-0.3, -0.25) is 0 Å². The van der Waals surface area contributed by atoms with E-state index in [1.807, 2.05) is 0 Å². The Balaban J connectivity index is 3.04. The van der Waals surface area contributed by atoms with Gasteiger partial charge in [0.1, 0.15) is 13.1 Å². The Morgan fingerprint density at radius 1 is 1.00 bits per heavy atom. The molecule has 1 nitrogen and oxygen atoms in total. The van der Waals surface area contributed by atoms with Crippen molar-refractivity contribution < 1.29 is 26.3 Å². The van der Waals surface area contributed by atoms with E-state index in [1.165, 1.54) is 18.2 Å². The van der Waals surface area contributed by atoms with Crippen LogP contribution in [0.3, 0.4) is 0 Å². The number of aryl methyl sites for hydroxylation is 1. The predicted molar refractivity (Wildman–Crippen MR) is 63.2 cm³/mol. The molecule has 0 unspecified atom stereocenters. The quantitative estimate of drug-likeness (QED) is 0.715. The Morgan fingerprint density at radius 2 is 1.47 bits per heavy atom. The fraction of sp³-hybridized carbons (Fsp3) is 0.455. The van der Waals surface area contributed by atoms with Crippen LogP contribution in [-0.4, -0.2) is 25.4 Å². The van der Waals surface area contributed by atoms with Gasteiger partial charge in [0.25, 0.3) is 0 Å². The highest BCUT2D eigenvalue weighted by atomic mass is 79.9. The zero-order valence-corrected chi connectivity index (χ0v) is 11.3. The molecular weight excluding hydrogens is 340 g/mol. The van der Waals surface area contributed by atoms with Crippen molar-refractivity contribution in [1.82, 2.24) is 0 Å². The van der Waals surface area contributed by atoms with Gasteiger partial charge in [-0.15, -0.1) is 0 Å². The van der Waals surface area contributed by atoms with E-state index in [-0.39, 0.29) is 10.6 Å². The molecule has 8 heteroatoms. The Labute approximate surface area is 114 Å². The normalized spacial score (nSPS) is 12.6. The van der Waals surface area contributed by atoms with E-state index in [2.05, 4.69) is 15.9 Å². The largest absolute Gasteiger partial charge is 0.405 e. The van der Waals surface area contributed by atoms with E-state index in [4.69, 9.17) is 0 Å². The Kier molecular flexibility index (Phi) is 4.76. The van der Waals surface area contributed by atoms with Crippen molar-refractivity contribution in [3.8, 4) is 0 Å². The zero-order valence-electron chi connectivity index (χ0n) is 9.74. The third-order valence-electron chi connectivity index (χ3n) is 2.25. The molecule has 0 amide bonds. The van der Waals surface area contributed by atoms with E-state index in [0.717, 1.165) is 0 Å². The number of rotatable bonds is 3. The summed E-state index contributed by atoms with van der Waals surface area (Å²) >= 11 is 3.14. The lowest BCUT2D eigenvalue weighted by molar-refractivity contribution is -0.137. The molecule has 0 atom stereocenters. The number of hydrogen-bond donors (Lipinski definition) is 0. The molecule has 0 aliphatic rings. The van der Waals surface area contributed by atoms with E-state index < -0.39 is 25.4 Å². The molecule has 1 rings (SSSR count). The monoisotopic (exact) mass is 349 g/mol. The molecule has 0 bridgehead atoms. The summed E-state index contributed by atoms with van der Waals surface area (Å²) in [6.07, 6.45) is -9.40. The summed E-state index contributed by atoms with van der Waals surface area (Å²) in [7, 11) is 0. The van der Waals surface area contributed by atoms with Gasteiger partial charge in [-0.25, -0.2) is 0 Å². The van der Waals surface area contributed by atoms with Crippen LogP contribution in [0.2, 0.25) is 0 Å². The minimum Gasteiger partial charge on any atom is -0.353 e. The van der Waals surface area contributed by atoms with Crippen LogP contribution in [0.1, 0.15) is 5.56 Å². The number of halogens is 7. The van der Waals surface area contributed by atoms with Gasteiger partial charge in [0.05, 0.1) is 0 Å². The molecule has 0 aliphatic heterocycles. The topological polar surface area (TPSA) is 3.24 Å². The second kappa shape index (κ2) is 5.60. The lowest BCUT2D eigenvalue weighted by Crippen LogP contribution is -2.40. The molecule has 0 spiro atoms. The number of nitrogens with zero attached hydrogens (tertiary/aromatic N) is 1. The SMILES string of the molecule is Cc1cc(N(CC(F)(F)F)CC(F)(F)F)ccc1Br. The van der Waals surface area contributed by atoms with Gasteiger partial charge in [0.15, 0.2) is 0 Å². The molecule has 0 saturated carbocycles. The van der Waals surface area contributed by atoms with Crippen molar-refractivity contribution in [2.45, 2.75) is 19.3 Å². The van der Waals surface area contributed by atoms with E-state index in [9.17, 15) is 26.3 Å². The van der Waals surface area contributed by atoms with Crippen molar-refractivity contribution >= 4 is 21.6 Å². The number of hydrogen-bond acceptors (Lipinski definition) is 1. The molecular formula is C11H10BrF6N. The summed E-state index contributed by atoms with van der Waals surface area (Å²) in [5, 5.41) is 0. The third-order valence-corrected chi connectivity index (χ3v) is 3.14. The maximum atomic E-state index is 12.3. The second-order valence-corrected chi connectivity index (χ2v) is 4.87. The molecule has 0 N–H and O–H groups in total. The van der Waals surface area contributed by atoms with Crippen molar-refractivity contribution in [3.63, 3.8) is 0 Å². The summed E-state index contributed by atoms with van der Waals surface area (Å²) in [4.78, 5) is 0.263. The summed E-state index contributed by atoms with van der Waals surface area (Å²) in [5.41, 5.74) is 0.446. The highest BCUT2D eigenvalue weighted by molar-refractivity contribution is 9.10. The molecule has 1 aromatic rings. The van der Waals surface area contributed by atoms with Crippen LogP contribution in [0.25, 0.3) is 0 Å². The second-order valence-electron chi connectivity index (χ2n) is 4.02. The molecule has 0 radical (unpaired) electrons. The van der Waals surface area contributed by atoms with Gasteiger partial charge in [-0.05, 0) is 30.7 Å². The molecule has 108 valence electrons. The molecule has 0 aliphatic carbocycles. The van der Waals surface area contributed by atoms with Gasteiger partial charge in [-0.1, -0.05) is 15.9 Å². The maximum absolute atomic E-state index is 12.3. The van der Waals surface area contributed by atoms with Crippen LogP contribution in [0.4, 0.5) is 32.0 Å². The Hall–Kier alpha value is -0.920. The fourth-order valence-electron chi connectivity index (χ4n) is 1.50. The standard InChI is InChI=1S/C11H10BrF6N/c1-7-4-8(2-3-9(7)12)19(5-10(13,14)15)6-11(16,17)18/h2-4H,5-6H2,1H3. The summed E-state index contributed by atoms with van der Waals surface area (Å²) < 4.78 is 74.6. The average Bonchev–Trinajstić information content (AvgIpc) is 2.17. The van der Waals surface area contributed by atoms with Crippen LogP contribution < -0.4 is 4.90 Å². The molecule has 0 fully saturated rings. The first-order chi connectivity index (χ1) is 8.48. The summed E-state index contributed by atoms with van der Waals surface area (Å²) in [5.74, 6) is 0. The lowest BCUT2D eigenvalue weighted by Gasteiger charge is -2.27. The highest BCUT2D eigenvalue weighted by Crippen LogP contribution is 2.29. The van der Waals surface area contributed by atoms with Crippen LogP contribution in [0.15, 0.2) is 22.7 Å². The summed E-state index contributed by atoms with van der Waals surface area (Å²) in [6.45, 7) is -1.70. The van der Waals surface area contributed by atoms with Crippen molar-refractivity contribution in [3.05, 3.63) is 28.2 Å². The minimum atomic E-state index is -4.70. The van der Waals surface area contributed by atoms with Crippen LogP contribution >= 0.6 is 15.9 Å². The molecule has 0 heterocycles. The fourth-order valence-corrected chi connectivity index (χ4v) is 1.74. The predicted octanol–water partition coefficient (Wildman–Crippen LogP) is 4.69. The van der Waals surface area contributed by atoms with Gasteiger partial charge in [-0.2, -0.15) is 26.3 Å². The Morgan fingerprint density at radius 3 is 1.84 bits per heavy atom. The maximum Gasteiger partial charge on any atom is 0.405 e. The zero-order chi connectivity index (χ0) is 14.8. The van der Waals surface area contributed by atoms with Gasteiger partial charge in [0.2, 0.25) is 0 Å². The summed E-state index contributed by atoms with van der Waals surface area (Å²) in [6, 6.07) is 3.92. The van der Waals surface area contributed by atoms with Gasteiger partial charge >= 0.3 is 12.4 Å². The van der Waals surface area contributed by atoms with Crippen LogP contribution in [0, 0.1) is 6.92 Å². The van der Waals surface area contributed by atoms with Gasteiger partial charge in [0, 0.05) is 10.2 Å². The smallest absolute Gasteiger partial charge is 0.353 e. The third kappa shape index (κ3) is 5.71. The highest BCUT2D eigenvalue weighted by Gasteiger charge is 2.37. The first kappa shape index (κ1) is 16.1. The first-order valence-corrected chi connectivity index (χ1v) is 5.92. The average molecular weight is 350 g/mol. The van der Waals surface area contributed by atoms with E-state index >= 15 is 0 Å². The van der Waals surface area contributed by atoms with Crippen LogP contribution in [-0.2, 0) is 0 Å². The first-order valence-electron chi connectivity index (χ1n) is 5.12. The number of benzene rings is 1. The van der Waals surface area contributed by atoms with Crippen LogP contribution in [0.5, 0.6) is 0 Å². The van der Waals surface area contributed by atoms with E-state index in [1.54, 1.807) is 6.92 Å². The Bertz CT molecular complexity index is 424. The van der Waals surface area contributed by atoms with Crippen molar-refractivity contribution in [1.29, 1.82) is 0 Å². The molecule has 0 saturated heterocycles. The molecule has 19 heavy (non-hydrogen) atoms. The van der Waals surface area contributed by atoms with E-state index in [0.29, 0.717) is 10.0 Å². The molecule has 0 aromatic heterocycles. The lowest BCUT2D eigenvalue weighted by atomic mass is 10.2.